The summed E-state index contributed by atoms with van der Waals surface area (Å²) in [6.45, 7) is 3.67. The summed E-state index contributed by atoms with van der Waals surface area (Å²) in [5.74, 6) is 0.972. The Morgan fingerprint density at radius 2 is 1.89 bits per heavy atom. The average molecular weight is 364 g/mol. The molecule has 0 aliphatic carbocycles. The molecular weight excluding hydrogens is 340 g/mol. The van der Waals surface area contributed by atoms with Crippen molar-refractivity contribution in [2.75, 3.05) is 38.2 Å². The lowest BCUT2D eigenvalue weighted by Crippen LogP contribution is -2.35. The van der Waals surface area contributed by atoms with Crippen molar-refractivity contribution in [3.8, 4) is 0 Å². The number of carbonyl (C=O) groups is 1. The molecule has 1 N–H and O–H groups in total. The molecule has 0 unspecified atom stereocenters. The van der Waals surface area contributed by atoms with Crippen LogP contribution in [0.3, 0.4) is 0 Å². The highest BCUT2D eigenvalue weighted by atomic mass is 16.5. The maximum Gasteiger partial charge on any atom is 0.253 e. The Kier molecular flexibility index (Phi) is 5.07. The van der Waals surface area contributed by atoms with Gasteiger partial charge in [0.25, 0.3) is 5.91 Å². The zero-order valence-electron chi connectivity index (χ0n) is 15.5. The number of carbonyl (C=O) groups excluding carboxylic acids is 1. The molecule has 6 heteroatoms. The van der Waals surface area contributed by atoms with Crippen molar-refractivity contribution >= 4 is 22.9 Å². The van der Waals surface area contributed by atoms with Crippen molar-refractivity contribution in [2.24, 2.45) is 0 Å². The van der Waals surface area contributed by atoms with E-state index in [2.05, 4.69) is 14.9 Å². The zero-order chi connectivity index (χ0) is 18.6. The number of benzene rings is 2. The number of aromatic nitrogens is 2. The predicted molar refractivity (Wildman–Crippen MR) is 106 cm³/mol. The number of methoxy groups -OCH3 is 1. The van der Waals surface area contributed by atoms with Crippen molar-refractivity contribution in [3.05, 3.63) is 59.7 Å². The topological polar surface area (TPSA) is 61.5 Å². The number of ether oxygens (including phenoxy) is 1. The number of fused-ring (bicyclic) bond motifs is 1. The molecule has 1 aromatic heterocycles. The highest BCUT2D eigenvalue weighted by molar-refractivity contribution is 5.94. The number of H-pyrrole nitrogens is 1. The number of hydrogen-bond donors (Lipinski definition) is 1. The third-order valence-corrected chi connectivity index (χ3v) is 4.97. The van der Waals surface area contributed by atoms with Crippen molar-refractivity contribution in [1.29, 1.82) is 0 Å². The van der Waals surface area contributed by atoms with E-state index in [1.54, 1.807) is 7.11 Å². The van der Waals surface area contributed by atoms with Crippen LogP contribution in [0.15, 0.2) is 48.5 Å². The lowest BCUT2D eigenvalue weighted by molar-refractivity contribution is 0.0767. The van der Waals surface area contributed by atoms with Gasteiger partial charge in [0.2, 0.25) is 5.95 Å². The van der Waals surface area contributed by atoms with Crippen LogP contribution >= 0.6 is 0 Å². The Morgan fingerprint density at radius 1 is 1.07 bits per heavy atom. The molecule has 0 bridgehead atoms. The van der Waals surface area contributed by atoms with Crippen LogP contribution in [0.25, 0.3) is 11.0 Å². The molecule has 140 valence electrons. The van der Waals surface area contributed by atoms with Gasteiger partial charge >= 0.3 is 0 Å². The summed E-state index contributed by atoms with van der Waals surface area (Å²) < 4.78 is 5.13. The smallest absolute Gasteiger partial charge is 0.253 e. The van der Waals surface area contributed by atoms with E-state index in [1.807, 2.05) is 53.4 Å². The second-order valence-corrected chi connectivity index (χ2v) is 6.84. The van der Waals surface area contributed by atoms with E-state index in [1.165, 1.54) is 0 Å². The number of anilines is 1. The summed E-state index contributed by atoms with van der Waals surface area (Å²) in [7, 11) is 1.67. The normalized spacial score (nSPS) is 15.1. The minimum Gasteiger partial charge on any atom is -0.380 e. The first-order valence-electron chi connectivity index (χ1n) is 9.31. The number of nitrogens with zero attached hydrogens (tertiary/aromatic N) is 3. The van der Waals surface area contributed by atoms with Crippen LogP contribution in [0.4, 0.5) is 5.95 Å². The Balaban J connectivity index is 1.43. The first-order valence-corrected chi connectivity index (χ1v) is 9.31. The fraction of sp³-hybridized carbons (Fsp3) is 0.333. The van der Waals surface area contributed by atoms with Gasteiger partial charge in [-0.2, -0.15) is 0 Å². The summed E-state index contributed by atoms with van der Waals surface area (Å²) in [4.78, 5) is 25.1. The quantitative estimate of drug-likeness (QED) is 0.773. The number of amides is 1. The maximum atomic E-state index is 12.9. The van der Waals surface area contributed by atoms with Crippen molar-refractivity contribution < 1.29 is 9.53 Å². The van der Waals surface area contributed by atoms with Gasteiger partial charge in [0.05, 0.1) is 17.6 Å². The van der Waals surface area contributed by atoms with E-state index >= 15 is 0 Å². The minimum absolute atomic E-state index is 0.0884. The summed E-state index contributed by atoms with van der Waals surface area (Å²) in [5.41, 5.74) is 3.81. The van der Waals surface area contributed by atoms with Gasteiger partial charge in [-0.1, -0.05) is 24.3 Å². The number of nitrogens with one attached hydrogen (secondary N) is 1. The Bertz CT molecular complexity index is 886. The van der Waals surface area contributed by atoms with Crippen molar-refractivity contribution in [2.45, 2.75) is 13.0 Å². The fourth-order valence-corrected chi connectivity index (χ4v) is 3.51. The molecule has 1 amide bonds. The lowest BCUT2D eigenvalue weighted by atomic mass is 10.1. The first-order chi connectivity index (χ1) is 13.2. The molecule has 0 spiro atoms. The number of aromatic amines is 1. The van der Waals surface area contributed by atoms with Gasteiger partial charge in [-0.05, 0) is 36.2 Å². The standard InChI is InChI=1S/C21H24N4O2/c1-27-15-16-7-9-17(10-8-16)20(26)24-11-4-12-25(14-13-24)21-22-18-5-2-3-6-19(18)23-21/h2-3,5-10H,4,11-15H2,1H3,(H,22,23). The van der Waals surface area contributed by atoms with Gasteiger partial charge in [0, 0.05) is 38.9 Å². The van der Waals surface area contributed by atoms with Gasteiger partial charge in [0.15, 0.2) is 0 Å². The molecule has 6 nitrogen and oxygen atoms in total. The summed E-state index contributed by atoms with van der Waals surface area (Å²) >= 11 is 0. The van der Waals surface area contributed by atoms with Crippen LogP contribution < -0.4 is 4.90 Å². The van der Waals surface area contributed by atoms with Crippen molar-refractivity contribution in [1.82, 2.24) is 14.9 Å². The molecule has 2 aromatic carbocycles. The van der Waals surface area contributed by atoms with Crippen LogP contribution in [0.5, 0.6) is 0 Å². The van der Waals surface area contributed by atoms with Gasteiger partial charge in [0.1, 0.15) is 0 Å². The largest absolute Gasteiger partial charge is 0.380 e. The second kappa shape index (κ2) is 7.80. The van der Waals surface area contributed by atoms with E-state index in [0.717, 1.165) is 54.2 Å². The zero-order valence-corrected chi connectivity index (χ0v) is 15.5. The third kappa shape index (κ3) is 3.80. The molecule has 0 atom stereocenters. The van der Waals surface area contributed by atoms with Gasteiger partial charge in [-0.25, -0.2) is 4.98 Å². The van der Waals surface area contributed by atoms with E-state index < -0.39 is 0 Å². The molecule has 1 aliphatic rings. The lowest BCUT2D eigenvalue weighted by Gasteiger charge is -2.22. The van der Waals surface area contributed by atoms with Crippen LogP contribution in [0.2, 0.25) is 0 Å². The SMILES string of the molecule is COCc1ccc(C(=O)N2CCCN(c3nc4ccccc4[nH]3)CC2)cc1. The Morgan fingerprint density at radius 3 is 2.67 bits per heavy atom. The number of para-hydroxylation sites is 2. The summed E-state index contributed by atoms with van der Waals surface area (Å²) in [5, 5.41) is 0. The van der Waals surface area contributed by atoms with Crippen LogP contribution in [0.1, 0.15) is 22.3 Å². The molecular formula is C21H24N4O2. The third-order valence-electron chi connectivity index (χ3n) is 4.97. The predicted octanol–water partition coefficient (Wildman–Crippen LogP) is 3.06. The molecule has 0 saturated carbocycles. The maximum absolute atomic E-state index is 12.9. The monoisotopic (exact) mass is 364 g/mol. The molecule has 3 aromatic rings. The molecule has 0 radical (unpaired) electrons. The van der Waals surface area contributed by atoms with Gasteiger partial charge < -0.3 is 19.5 Å². The fourth-order valence-electron chi connectivity index (χ4n) is 3.51. The van der Waals surface area contributed by atoms with Gasteiger partial charge in [-0.15, -0.1) is 0 Å². The van der Waals surface area contributed by atoms with Crippen LogP contribution in [-0.2, 0) is 11.3 Å². The Labute approximate surface area is 158 Å². The number of rotatable bonds is 4. The van der Waals surface area contributed by atoms with E-state index in [-0.39, 0.29) is 5.91 Å². The van der Waals surface area contributed by atoms with E-state index in [4.69, 9.17) is 4.74 Å². The molecule has 1 saturated heterocycles. The molecule has 4 rings (SSSR count). The molecule has 1 fully saturated rings. The number of hydrogen-bond acceptors (Lipinski definition) is 4. The second-order valence-electron chi connectivity index (χ2n) is 6.84. The molecule has 2 heterocycles. The summed E-state index contributed by atoms with van der Waals surface area (Å²) in [6, 6.07) is 15.7. The van der Waals surface area contributed by atoms with E-state index in [0.29, 0.717) is 13.2 Å². The van der Waals surface area contributed by atoms with Crippen LogP contribution in [-0.4, -0.2) is 54.1 Å². The van der Waals surface area contributed by atoms with E-state index in [9.17, 15) is 4.79 Å². The average Bonchev–Trinajstić information content (AvgIpc) is 2.98. The Hall–Kier alpha value is -2.86. The first kappa shape index (κ1) is 17.5. The summed E-state index contributed by atoms with van der Waals surface area (Å²) in [6.07, 6.45) is 0.921. The number of imidazole rings is 1. The van der Waals surface area contributed by atoms with Crippen molar-refractivity contribution in [3.63, 3.8) is 0 Å². The molecule has 27 heavy (non-hydrogen) atoms. The minimum atomic E-state index is 0.0884. The van der Waals surface area contributed by atoms with Gasteiger partial charge in [-0.3, -0.25) is 4.79 Å². The highest BCUT2D eigenvalue weighted by Crippen LogP contribution is 2.19. The van der Waals surface area contributed by atoms with Crippen LogP contribution in [0, 0.1) is 0 Å². The molecule has 1 aliphatic heterocycles. The highest BCUT2D eigenvalue weighted by Gasteiger charge is 2.21.